The highest BCUT2D eigenvalue weighted by Gasteiger charge is 2.34. The number of aryl methyl sites for hydroxylation is 2. The van der Waals surface area contributed by atoms with Crippen LogP contribution in [-0.4, -0.2) is 28.0 Å². The molecular formula is C10H10Cl4N4O2S. The molecule has 0 bridgehead atoms. The summed E-state index contributed by atoms with van der Waals surface area (Å²) in [4.78, 5) is -2.08. The zero-order valence-corrected chi connectivity index (χ0v) is 14.7. The van der Waals surface area contributed by atoms with Gasteiger partial charge in [-0.15, -0.1) is 0 Å². The standard InChI is InChI=1S/C10H10Cl4N4O2S/c1-17-9(5(3-15-17)7(11)12)21(19,20)10-6(8(13)14)4-16-18(10)2/h3-4,7-8H,1-2H3. The Morgan fingerprint density at radius 2 is 1.24 bits per heavy atom. The number of hydrogen-bond acceptors (Lipinski definition) is 4. The van der Waals surface area contributed by atoms with Crippen LogP contribution in [-0.2, 0) is 23.9 Å². The first-order valence-corrected chi connectivity index (χ1v) is 8.76. The molecule has 0 aliphatic rings. The van der Waals surface area contributed by atoms with Crippen molar-refractivity contribution in [3.8, 4) is 0 Å². The van der Waals surface area contributed by atoms with Crippen LogP contribution in [0.5, 0.6) is 0 Å². The van der Waals surface area contributed by atoms with E-state index in [0.717, 1.165) is 0 Å². The van der Waals surface area contributed by atoms with Gasteiger partial charge in [0.2, 0.25) is 9.84 Å². The number of rotatable bonds is 4. The lowest BCUT2D eigenvalue weighted by atomic mass is 10.4. The number of hydrogen-bond donors (Lipinski definition) is 0. The number of sulfone groups is 1. The van der Waals surface area contributed by atoms with Crippen molar-refractivity contribution in [2.75, 3.05) is 0 Å². The van der Waals surface area contributed by atoms with Crippen molar-refractivity contribution < 1.29 is 8.42 Å². The molecule has 0 aliphatic carbocycles. The summed E-state index contributed by atoms with van der Waals surface area (Å²) in [5.74, 6) is 0. The van der Waals surface area contributed by atoms with Gasteiger partial charge in [0, 0.05) is 25.2 Å². The molecule has 0 unspecified atom stereocenters. The van der Waals surface area contributed by atoms with E-state index in [1.165, 1.54) is 35.9 Å². The van der Waals surface area contributed by atoms with E-state index >= 15 is 0 Å². The van der Waals surface area contributed by atoms with Gasteiger partial charge in [0.25, 0.3) is 0 Å². The van der Waals surface area contributed by atoms with Crippen molar-refractivity contribution in [2.45, 2.75) is 19.7 Å². The van der Waals surface area contributed by atoms with Crippen LogP contribution >= 0.6 is 46.4 Å². The van der Waals surface area contributed by atoms with Gasteiger partial charge in [0.15, 0.2) is 10.1 Å². The van der Waals surface area contributed by atoms with E-state index in [1.807, 2.05) is 0 Å². The van der Waals surface area contributed by atoms with Crippen LogP contribution < -0.4 is 0 Å². The maximum atomic E-state index is 12.9. The van der Waals surface area contributed by atoms with Crippen LogP contribution in [0.15, 0.2) is 22.4 Å². The summed E-state index contributed by atoms with van der Waals surface area (Å²) in [6.45, 7) is 0. The molecule has 2 aromatic heterocycles. The SMILES string of the molecule is Cn1ncc(C(Cl)Cl)c1S(=O)(=O)c1c(C(Cl)Cl)cnn1C. The van der Waals surface area contributed by atoms with Gasteiger partial charge in [-0.3, -0.25) is 9.36 Å². The maximum absolute atomic E-state index is 12.9. The van der Waals surface area contributed by atoms with E-state index in [2.05, 4.69) is 10.2 Å². The molecule has 21 heavy (non-hydrogen) atoms. The van der Waals surface area contributed by atoms with E-state index in [0.29, 0.717) is 0 Å². The minimum atomic E-state index is -4.00. The van der Waals surface area contributed by atoms with Crippen LogP contribution in [0.2, 0.25) is 0 Å². The first kappa shape index (κ1) is 16.9. The van der Waals surface area contributed by atoms with E-state index in [-0.39, 0.29) is 21.2 Å². The van der Waals surface area contributed by atoms with Gasteiger partial charge in [-0.25, -0.2) is 8.42 Å². The van der Waals surface area contributed by atoms with Crippen LogP contribution in [0, 0.1) is 0 Å². The molecule has 0 amide bonds. The third-order valence-electron chi connectivity index (χ3n) is 2.80. The highest BCUT2D eigenvalue weighted by atomic mass is 35.5. The minimum absolute atomic E-state index is 0.128. The lowest BCUT2D eigenvalue weighted by molar-refractivity contribution is 0.557. The summed E-state index contributed by atoms with van der Waals surface area (Å²) in [5.41, 5.74) is 0.349. The summed E-state index contributed by atoms with van der Waals surface area (Å²) in [6, 6.07) is 0. The Morgan fingerprint density at radius 3 is 1.52 bits per heavy atom. The van der Waals surface area contributed by atoms with Crippen LogP contribution in [0.3, 0.4) is 0 Å². The zero-order chi connectivity index (χ0) is 15.9. The highest BCUT2D eigenvalue weighted by Crippen LogP contribution is 2.37. The number of nitrogens with zero attached hydrogens (tertiary/aromatic N) is 4. The molecule has 0 saturated carbocycles. The van der Waals surface area contributed by atoms with E-state index in [1.54, 1.807) is 0 Å². The van der Waals surface area contributed by atoms with Gasteiger partial charge in [-0.2, -0.15) is 10.2 Å². The zero-order valence-electron chi connectivity index (χ0n) is 10.8. The Labute approximate surface area is 141 Å². The van der Waals surface area contributed by atoms with E-state index < -0.39 is 19.5 Å². The second-order valence-electron chi connectivity index (χ2n) is 4.16. The Bertz CT molecular complexity index is 708. The van der Waals surface area contributed by atoms with E-state index in [4.69, 9.17) is 46.4 Å². The van der Waals surface area contributed by atoms with Gasteiger partial charge in [0.1, 0.15) is 9.67 Å². The Balaban J connectivity index is 2.75. The Morgan fingerprint density at radius 1 is 0.905 bits per heavy atom. The average molecular weight is 392 g/mol. The Hall–Kier alpha value is -0.470. The summed E-state index contributed by atoms with van der Waals surface area (Å²) < 4.78 is 28.1. The molecule has 116 valence electrons. The summed E-state index contributed by atoms with van der Waals surface area (Å²) in [7, 11) is -1.05. The normalized spacial score (nSPS) is 12.6. The van der Waals surface area contributed by atoms with Crippen molar-refractivity contribution in [2.24, 2.45) is 14.1 Å². The molecule has 0 atom stereocenters. The van der Waals surface area contributed by atoms with Crippen LogP contribution in [0.1, 0.15) is 20.8 Å². The van der Waals surface area contributed by atoms with Gasteiger partial charge in [-0.1, -0.05) is 46.4 Å². The highest BCUT2D eigenvalue weighted by molar-refractivity contribution is 7.91. The fourth-order valence-corrected chi connectivity index (χ4v) is 4.77. The molecule has 0 radical (unpaired) electrons. The van der Waals surface area contributed by atoms with Gasteiger partial charge in [0.05, 0.1) is 12.4 Å². The lowest BCUT2D eigenvalue weighted by Crippen LogP contribution is -2.15. The molecular weight excluding hydrogens is 382 g/mol. The summed E-state index contributed by atoms with van der Waals surface area (Å²) in [6.07, 6.45) is 2.60. The molecule has 0 aromatic carbocycles. The quantitative estimate of drug-likeness (QED) is 0.751. The molecule has 2 aromatic rings. The first-order chi connectivity index (χ1) is 9.67. The number of alkyl halides is 4. The molecule has 0 spiro atoms. The topological polar surface area (TPSA) is 69.8 Å². The third kappa shape index (κ3) is 2.90. The van der Waals surface area contributed by atoms with Crippen LogP contribution in [0.4, 0.5) is 0 Å². The predicted molar refractivity (Wildman–Crippen MR) is 80.8 cm³/mol. The fourth-order valence-electron chi connectivity index (χ4n) is 1.94. The van der Waals surface area contributed by atoms with Gasteiger partial charge < -0.3 is 0 Å². The molecule has 11 heteroatoms. The van der Waals surface area contributed by atoms with Crippen molar-refractivity contribution in [1.82, 2.24) is 19.6 Å². The minimum Gasteiger partial charge on any atom is -0.257 e. The van der Waals surface area contributed by atoms with E-state index in [9.17, 15) is 8.42 Å². The fraction of sp³-hybridized carbons (Fsp3) is 0.400. The first-order valence-electron chi connectivity index (χ1n) is 5.53. The number of halogens is 4. The monoisotopic (exact) mass is 390 g/mol. The van der Waals surface area contributed by atoms with Gasteiger partial charge in [-0.05, 0) is 0 Å². The Kier molecular flexibility index (Phi) is 4.80. The smallest absolute Gasteiger partial charge is 0.241 e. The average Bonchev–Trinajstić information content (AvgIpc) is 2.92. The summed E-state index contributed by atoms with van der Waals surface area (Å²) >= 11 is 23.2. The molecule has 2 heterocycles. The number of aromatic nitrogens is 4. The van der Waals surface area contributed by atoms with Crippen molar-refractivity contribution in [1.29, 1.82) is 0 Å². The second kappa shape index (κ2) is 5.96. The van der Waals surface area contributed by atoms with Crippen molar-refractivity contribution in [3.63, 3.8) is 0 Å². The molecule has 0 N–H and O–H groups in total. The maximum Gasteiger partial charge on any atom is 0.241 e. The third-order valence-corrected chi connectivity index (χ3v) is 5.76. The van der Waals surface area contributed by atoms with Crippen molar-refractivity contribution in [3.05, 3.63) is 23.5 Å². The van der Waals surface area contributed by atoms with Crippen LogP contribution in [0.25, 0.3) is 0 Å². The van der Waals surface area contributed by atoms with Crippen molar-refractivity contribution >= 4 is 56.2 Å². The second-order valence-corrected chi connectivity index (χ2v) is 8.13. The molecule has 2 rings (SSSR count). The lowest BCUT2D eigenvalue weighted by Gasteiger charge is -2.11. The molecule has 0 fully saturated rings. The summed E-state index contributed by atoms with van der Waals surface area (Å²) in [5, 5.41) is 7.53. The largest absolute Gasteiger partial charge is 0.257 e. The molecule has 6 nitrogen and oxygen atoms in total. The predicted octanol–water partition coefficient (Wildman–Crippen LogP) is 2.94. The molecule has 0 saturated heterocycles. The molecule has 0 aliphatic heterocycles. The van der Waals surface area contributed by atoms with Gasteiger partial charge >= 0.3 is 0 Å².